The smallest absolute Gasteiger partial charge is 0.408 e. The molecule has 1 unspecified atom stereocenters. The Morgan fingerprint density at radius 3 is 2.74 bits per heavy atom. The zero-order valence-electron chi connectivity index (χ0n) is 14.1. The fourth-order valence-electron chi connectivity index (χ4n) is 2.94. The predicted octanol–water partition coefficient (Wildman–Crippen LogP) is 4.29. The number of hydrogen-bond acceptors (Lipinski definition) is 4. The van der Waals surface area contributed by atoms with Gasteiger partial charge < -0.3 is 9.73 Å². The van der Waals surface area contributed by atoms with Crippen LogP contribution in [-0.2, 0) is 11.2 Å². The highest BCUT2D eigenvalue weighted by molar-refractivity contribution is 7.09. The summed E-state index contributed by atoms with van der Waals surface area (Å²) in [6, 6.07) is 14.8. The van der Waals surface area contributed by atoms with Gasteiger partial charge >= 0.3 is 5.76 Å². The van der Waals surface area contributed by atoms with Crippen LogP contribution in [0.5, 0.6) is 0 Å². The van der Waals surface area contributed by atoms with E-state index >= 15 is 0 Å². The van der Waals surface area contributed by atoms with Crippen LogP contribution in [0.3, 0.4) is 0 Å². The number of carbonyl (C=O) groups is 1. The predicted molar refractivity (Wildman–Crippen MR) is 103 cm³/mol. The standard InChI is InChI=1S/C20H15FN2O3S/c21-13-5-3-12(4-6-13)16(11-15-2-1-9-27-15)19(24)22-14-7-8-17-18(10-14)26-20(25)23-17/h1-10,16H,11H2,(H,22,24)(H,23,25). The molecule has 2 aromatic carbocycles. The van der Waals surface area contributed by atoms with Crippen molar-refractivity contribution in [3.63, 3.8) is 0 Å². The Morgan fingerprint density at radius 1 is 1.19 bits per heavy atom. The van der Waals surface area contributed by atoms with E-state index in [0.29, 0.717) is 23.2 Å². The maximum Gasteiger partial charge on any atom is 0.417 e. The summed E-state index contributed by atoms with van der Waals surface area (Å²) >= 11 is 1.57. The summed E-state index contributed by atoms with van der Waals surface area (Å²) in [7, 11) is 0. The van der Waals surface area contributed by atoms with Crippen LogP contribution < -0.4 is 11.1 Å². The third-order valence-electron chi connectivity index (χ3n) is 4.26. The van der Waals surface area contributed by atoms with Gasteiger partial charge in [0.1, 0.15) is 5.82 Å². The lowest BCUT2D eigenvalue weighted by molar-refractivity contribution is -0.117. The highest BCUT2D eigenvalue weighted by Crippen LogP contribution is 2.26. The molecule has 1 amide bonds. The number of hydrogen-bond donors (Lipinski definition) is 2. The third kappa shape index (κ3) is 3.83. The van der Waals surface area contributed by atoms with Gasteiger partial charge in [0.25, 0.3) is 0 Å². The van der Waals surface area contributed by atoms with Crippen molar-refractivity contribution in [1.29, 1.82) is 0 Å². The van der Waals surface area contributed by atoms with Crippen molar-refractivity contribution >= 4 is 34.0 Å². The Balaban J connectivity index is 1.62. The molecule has 4 aromatic rings. The van der Waals surface area contributed by atoms with Crippen LogP contribution in [0, 0.1) is 5.82 Å². The van der Waals surface area contributed by atoms with E-state index in [2.05, 4.69) is 10.3 Å². The number of oxazole rings is 1. The lowest BCUT2D eigenvalue weighted by Crippen LogP contribution is -2.22. The number of H-pyrrole nitrogens is 1. The number of nitrogens with one attached hydrogen (secondary N) is 2. The van der Waals surface area contributed by atoms with E-state index in [4.69, 9.17) is 4.42 Å². The number of anilines is 1. The molecule has 0 saturated carbocycles. The zero-order chi connectivity index (χ0) is 18.8. The minimum absolute atomic E-state index is 0.216. The van der Waals surface area contributed by atoms with Crippen molar-refractivity contribution < 1.29 is 13.6 Å². The molecule has 0 aliphatic rings. The van der Waals surface area contributed by atoms with Crippen molar-refractivity contribution in [3.8, 4) is 0 Å². The first-order chi connectivity index (χ1) is 13.1. The van der Waals surface area contributed by atoms with Gasteiger partial charge in [-0.2, -0.15) is 0 Å². The number of aromatic amines is 1. The summed E-state index contributed by atoms with van der Waals surface area (Å²) in [6.07, 6.45) is 0.511. The number of halogens is 1. The monoisotopic (exact) mass is 382 g/mol. The number of rotatable bonds is 5. The summed E-state index contributed by atoms with van der Waals surface area (Å²) in [5.41, 5.74) is 2.19. The van der Waals surface area contributed by atoms with Crippen molar-refractivity contribution in [2.45, 2.75) is 12.3 Å². The second-order valence-corrected chi connectivity index (χ2v) is 7.13. The van der Waals surface area contributed by atoms with E-state index in [9.17, 15) is 14.0 Å². The highest BCUT2D eigenvalue weighted by atomic mass is 32.1. The Kier molecular flexibility index (Phi) is 4.60. The summed E-state index contributed by atoms with van der Waals surface area (Å²) in [5, 5.41) is 4.82. The SMILES string of the molecule is O=C(Nc1ccc2[nH]c(=O)oc2c1)C(Cc1cccs1)c1ccc(F)cc1. The minimum Gasteiger partial charge on any atom is -0.408 e. The van der Waals surface area contributed by atoms with Crippen LogP contribution in [0.1, 0.15) is 16.4 Å². The second kappa shape index (κ2) is 7.20. The maximum atomic E-state index is 13.3. The molecule has 0 fully saturated rings. The van der Waals surface area contributed by atoms with E-state index in [-0.39, 0.29) is 11.7 Å². The molecule has 1 atom stereocenters. The fraction of sp³-hybridized carbons (Fsp3) is 0.100. The summed E-state index contributed by atoms with van der Waals surface area (Å²) in [6.45, 7) is 0. The second-order valence-electron chi connectivity index (χ2n) is 6.10. The first kappa shape index (κ1) is 17.2. The molecule has 5 nitrogen and oxygen atoms in total. The summed E-state index contributed by atoms with van der Waals surface area (Å²) < 4.78 is 18.3. The number of thiophene rings is 1. The molecule has 136 valence electrons. The zero-order valence-corrected chi connectivity index (χ0v) is 14.9. The number of benzene rings is 2. The molecule has 27 heavy (non-hydrogen) atoms. The van der Waals surface area contributed by atoms with E-state index in [1.165, 1.54) is 12.1 Å². The van der Waals surface area contributed by atoms with Crippen molar-refractivity contribution in [2.75, 3.05) is 5.32 Å². The highest BCUT2D eigenvalue weighted by Gasteiger charge is 2.22. The van der Waals surface area contributed by atoms with Crippen molar-refractivity contribution in [2.24, 2.45) is 0 Å². The number of carbonyl (C=O) groups excluding carboxylic acids is 1. The van der Waals surface area contributed by atoms with E-state index in [1.807, 2.05) is 17.5 Å². The maximum absolute atomic E-state index is 13.3. The normalized spacial score (nSPS) is 12.2. The first-order valence-electron chi connectivity index (χ1n) is 8.30. The van der Waals surface area contributed by atoms with E-state index in [0.717, 1.165) is 10.4 Å². The molecule has 2 heterocycles. The van der Waals surface area contributed by atoms with Gasteiger partial charge in [-0.1, -0.05) is 18.2 Å². The van der Waals surface area contributed by atoms with Crippen LogP contribution in [-0.4, -0.2) is 10.9 Å². The molecule has 2 aromatic heterocycles. The fourth-order valence-corrected chi connectivity index (χ4v) is 3.69. The Bertz CT molecular complexity index is 1130. The average Bonchev–Trinajstić information content (AvgIpc) is 3.28. The Morgan fingerprint density at radius 2 is 2.00 bits per heavy atom. The topological polar surface area (TPSA) is 75.1 Å². The molecule has 0 aliphatic heterocycles. The van der Waals surface area contributed by atoms with Gasteiger partial charge in [-0.25, -0.2) is 9.18 Å². The molecule has 2 N–H and O–H groups in total. The molecule has 4 rings (SSSR count). The lowest BCUT2D eigenvalue weighted by Gasteiger charge is -2.17. The van der Waals surface area contributed by atoms with Crippen LogP contribution >= 0.6 is 11.3 Å². The summed E-state index contributed by atoms with van der Waals surface area (Å²) in [5.74, 6) is -1.58. The number of amides is 1. The molecular weight excluding hydrogens is 367 g/mol. The van der Waals surface area contributed by atoms with Gasteiger partial charge in [0, 0.05) is 16.6 Å². The first-order valence-corrected chi connectivity index (χ1v) is 9.18. The molecule has 0 spiro atoms. The molecule has 0 saturated heterocycles. The van der Waals surface area contributed by atoms with Crippen LogP contribution in [0.15, 0.2) is 69.2 Å². The number of aromatic nitrogens is 1. The van der Waals surface area contributed by atoms with Gasteiger partial charge in [0.15, 0.2) is 5.58 Å². The molecular formula is C20H15FN2O3S. The van der Waals surface area contributed by atoms with Crippen molar-refractivity contribution in [1.82, 2.24) is 4.98 Å². The quantitative estimate of drug-likeness (QED) is 0.541. The van der Waals surface area contributed by atoms with E-state index in [1.54, 1.807) is 41.7 Å². The third-order valence-corrected chi connectivity index (χ3v) is 5.16. The number of fused-ring (bicyclic) bond motifs is 1. The average molecular weight is 382 g/mol. The van der Waals surface area contributed by atoms with Gasteiger partial charge in [-0.05, 0) is 47.7 Å². The minimum atomic E-state index is -0.546. The Hall–Kier alpha value is -3.19. The van der Waals surface area contributed by atoms with Crippen LogP contribution in [0.4, 0.5) is 10.1 Å². The summed E-state index contributed by atoms with van der Waals surface area (Å²) in [4.78, 5) is 27.9. The van der Waals surface area contributed by atoms with Gasteiger partial charge in [-0.3, -0.25) is 9.78 Å². The Labute approximate surface area is 157 Å². The molecule has 7 heteroatoms. The van der Waals surface area contributed by atoms with Gasteiger partial charge in [-0.15, -0.1) is 11.3 Å². The van der Waals surface area contributed by atoms with Gasteiger partial charge in [0.05, 0.1) is 11.4 Å². The molecule has 0 bridgehead atoms. The largest absolute Gasteiger partial charge is 0.417 e. The van der Waals surface area contributed by atoms with Gasteiger partial charge in [0.2, 0.25) is 5.91 Å². The van der Waals surface area contributed by atoms with E-state index < -0.39 is 11.7 Å². The lowest BCUT2D eigenvalue weighted by atomic mass is 9.94. The van der Waals surface area contributed by atoms with Crippen LogP contribution in [0.2, 0.25) is 0 Å². The van der Waals surface area contributed by atoms with Crippen molar-refractivity contribution in [3.05, 3.63) is 86.8 Å². The molecule has 0 radical (unpaired) electrons. The van der Waals surface area contributed by atoms with Crippen LogP contribution in [0.25, 0.3) is 11.1 Å². The molecule has 0 aliphatic carbocycles.